The van der Waals surface area contributed by atoms with Crippen molar-refractivity contribution in [2.24, 2.45) is 0 Å². The minimum atomic E-state index is -1.56. The van der Waals surface area contributed by atoms with Gasteiger partial charge in [-0.15, -0.1) is 6.58 Å². The number of rotatable bonds is 14. The van der Waals surface area contributed by atoms with Gasteiger partial charge in [-0.25, -0.2) is 4.79 Å². The summed E-state index contributed by atoms with van der Waals surface area (Å²) in [6.07, 6.45) is -6.22. The van der Waals surface area contributed by atoms with Gasteiger partial charge < -0.3 is 28.4 Å². The van der Waals surface area contributed by atoms with Gasteiger partial charge >= 0.3 is 11.9 Å². The molecule has 1 fully saturated rings. The van der Waals surface area contributed by atoms with E-state index in [1.807, 2.05) is 72.8 Å². The third kappa shape index (κ3) is 8.77. The van der Waals surface area contributed by atoms with Crippen LogP contribution in [-0.2, 0) is 51.2 Å². The summed E-state index contributed by atoms with van der Waals surface area (Å²) >= 11 is 0. The first-order valence-electron chi connectivity index (χ1n) is 16.1. The maximum absolute atomic E-state index is 14.2. The van der Waals surface area contributed by atoms with Gasteiger partial charge in [0, 0.05) is 6.92 Å². The van der Waals surface area contributed by atoms with Crippen molar-refractivity contribution in [3.8, 4) is 0 Å². The van der Waals surface area contributed by atoms with E-state index >= 15 is 0 Å². The second kappa shape index (κ2) is 16.6. The van der Waals surface area contributed by atoms with Crippen LogP contribution in [0.4, 0.5) is 0 Å². The number of carbonyl (C=O) groups is 2. The summed E-state index contributed by atoms with van der Waals surface area (Å²) in [5, 5.41) is 0. The van der Waals surface area contributed by atoms with Crippen LogP contribution >= 0.6 is 0 Å². The Hall–Kier alpha value is -4.60. The molecule has 8 nitrogen and oxygen atoms in total. The highest BCUT2D eigenvalue weighted by molar-refractivity contribution is 5.77. The van der Waals surface area contributed by atoms with Crippen LogP contribution in [0.2, 0.25) is 0 Å². The number of esters is 2. The van der Waals surface area contributed by atoms with Crippen LogP contribution in [0.1, 0.15) is 38.0 Å². The van der Waals surface area contributed by atoms with E-state index in [-0.39, 0.29) is 6.61 Å². The van der Waals surface area contributed by atoms with E-state index in [0.717, 1.165) is 0 Å². The number of benzene rings is 4. The van der Waals surface area contributed by atoms with E-state index in [2.05, 4.69) is 6.58 Å². The highest BCUT2D eigenvalue weighted by Gasteiger charge is 2.53. The third-order valence-corrected chi connectivity index (χ3v) is 7.17. The molecule has 7 atom stereocenters. The van der Waals surface area contributed by atoms with E-state index in [4.69, 9.17) is 31.2 Å². The SMILES string of the molecule is [2H]C(O[C@H]1[C@H](OC(C)=O)[C@@H](C(=O)OC(c2ccccc2)c2ccccc2)OC(OCC=C)[C@@H]1OC([2H])c1ccccc1)c1ccccc1. The van der Waals surface area contributed by atoms with Gasteiger partial charge in [-0.2, -0.15) is 0 Å². The lowest BCUT2D eigenvalue weighted by Crippen LogP contribution is -2.63. The first-order valence-corrected chi connectivity index (χ1v) is 15.0. The lowest BCUT2D eigenvalue weighted by Gasteiger charge is -2.44. The quantitative estimate of drug-likeness (QED) is 0.119. The van der Waals surface area contributed by atoms with Crippen molar-refractivity contribution in [2.75, 3.05) is 6.61 Å². The zero-order chi connectivity index (χ0) is 33.9. The van der Waals surface area contributed by atoms with Crippen LogP contribution in [-0.4, -0.2) is 49.3 Å². The molecule has 1 aliphatic heterocycles. The standard InChI is InChI=1S/C38H38O8/c1-3-24-41-38-36(43-26-29-18-10-5-11-19-29)33(42-25-28-16-8-4-9-17-28)34(44-27(2)39)35(46-38)37(40)45-32(30-20-12-6-13-21-30)31-22-14-7-15-23-31/h3-23,32-36,38H,1,24-26H2,2H3/t33-,34-,35-,36+,38?/m0/s1/i25D,26D/t25?,26?,33-,34-,35-,36+,38?. The molecule has 4 aromatic carbocycles. The van der Waals surface area contributed by atoms with Crippen molar-refractivity contribution in [3.63, 3.8) is 0 Å². The summed E-state index contributed by atoms with van der Waals surface area (Å²) in [4.78, 5) is 26.8. The fourth-order valence-electron chi connectivity index (χ4n) is 5.06. The summed E-state index contributed by atoms with van der Waals surface area (Å²) in [7, 11) is 0. The zero-order valence-electron chi connectivity index (χ0n) is 27.4. The largest absolute Gasteiger partial charge is 0.456 e. The summed E-state index contributed by atoms with van der Waals surface area (Å²) in [6, 6.07) is 36.0. The van der Waals surface area contributed by atoms with E-state index in [0.29, 0.717) is 22.3 Å². The Morgan fingerprint density at radius 3 is 1.70 bits per heavy atom. The summed E-state index contributed by atoms with van der Waals surface area (Å²) in [5.74, 6) is -1.58. The van der Waals surface area contributed by atoms with Crippen molar-refractivity contribution >= 4 is 11.9 Å². The maximum Gasteiger partial charge on any atom is 0.340 e. The fourth-order valence-corrected chi connectivity index (χ4v) is 5.06. The molecule has 0 bridgehead atoms. The molecule has 46 heavy (non-hydrogen) atoms. The Balaban J connectivity index is 1.54. The molecular weight excluding hydrogens is 584 g/mol. The van der Waals surface area contributed by atoms with E-state index in [9.17, 15) is 9.59 Å². The molecule has 1 aliphatic rings. The molecular formula is C38H38O8. The number of carbonyl (C=O) groups excluding carboxylic acids is 2. The Morgan fingerprint density at radius 2 is 1.22 bits per heavy atom. The lowest BCUT2D eigenvalue weighted by atomic mass is 9.97. The molecule has 3 unspecified atom stereocenters. The van der Waals surface area contributed by atoms with Gasteiger partial charge in [0.05, 0.1) is 22.5 Å². The van der Waals surface area contributed by atoms with Gasteiger partial charge in [0.1, 0.15) is 12.2 Å². The van der Waals surface area contributed by atoms with Gasteiger partial charge in [0.25, 0.3) is 0 Å². The minimum Gasteiger partial charge on any atom is -0.456 e. The summed E-state index contributed by atoms with van der Waals surface area (Å²) in [5.41, 5.74) is 2.45. The van der Waals surface area contributed by atoms with Crippen LogP contribution < -0.4 is 0 Å². The van der Waals surface area contributed by atoms with Crippen molar-refractivity contribution in [1.29, 1.82) is 0 Å². The van der Waals surface area contributed by atoms with Crippen molar-refractivity contribution in [3.05, 3.63) is 156 Å². The van der Waals surface area contributed by atoms with Crippen LogP contribution in [0.15, 0.2) is 134 Å². The summed E-state index contributed by atoms with van der Waals surface area (Å²) in [6.45, 7) is 2.36. The van der Waals surface area contributed by atoms with Crippen LogP contribution in [0.5, 0.6) is 0 Å². The molecule has 0 saturated carbocycles. The molecule has 0 aliphatic carbocycles. The van der Waals surface area contributed by atoms with Crippen molar-refractivity contribution in [1.82, 2.24) is 0 Å². The van der Waals surface area contributed by atoms with Crippen LogP contribution in [0, 0.1) is 0 Å². The van der Waals surface area contributed by atoms with E-state index in [1.54, 1.807) is 48.5 Å². The Labute approximate surface area is 272 Å². The highest BCUT2D eigenvalue weighted by atomic mass is 16.7. The highest BCUT2D eigenvalue weighted by Crippen LogP contribution is 2.34. The molecule has 1 heterocycles. The third-order valence-electron chi connectivity index (χ3n) is 7.17. The lowest BCUT2D eigenvalue weighted by molar-refractivity contribution is -0.313. The average Bonchev–Trinajstić information content (AvgIpc) is 3.12. The molecule has 5 rings (SSSR count). The molecule has 0 radical (unpaired) electrons. The molecule has 0 spiro atoms. The predicted octanol–water partition coefficient (Wildman–Crippen LogP) is 6.35. The van der Waals surface area contributed by atoms with E-state index < -0.39 is 61.9 Å². The average molecular weight is 625 g/mol. The molecule has 0 amide bonds. The summed E-state index contributed by atoms with van der Waals surface area (Å²) < 4.78 is 54.3. The number of hydrogen-bond acceptors (Lipinski definition) is 8. The second-order valence-electron chi connectivity index (χ2n) is 10.5. The first kappa shape index (κ1) is 30.1. The van der Waals surface area contributed by atoms with Gasteiger partial charge in [0.2, 0.25) is 0 Å². The second-order valence-corrected chi connectivity index (χ2v) is 10.5. The van der Waals surface area contributed by atoms with Crippen LogP contribution in [0.3, 0.4) is 0 Å². The van der Waals surface area contributed by atoms with Gasteiger partial charge in [-0.1, -0.05) is 127 Å². The molecule has 4 aromatic rings. The molecule has 8 heteroatoms. The minimum absolute atomic E-state index is 0.00903. The zero-order valence-corrected chi connectivity index (χ0v) is 25.4. The Kier molecular flexibility index (Phi) is 10.9. The topological polar surface area (TPSA) is 89.5 Å². The van der Waals surface area contributed by atoms with Gasteiger partial charge in [0.15, 0.2) is 24.6 Å². The molecule has 1 saturated heterocycles. The van der Waals surface area contributed by atoms with Crippen molar-refractivity contribution in [2.45, 2.75) is 56.9 Å². The smallest absolute Gasteiger partial charge is 0.340 e. The Morgan fingerprint density at radius 1 is 0.739 bits per heavy atom. The predicted molar refractivity (Wildman–Crippen MR) is 171 cm³/mol. The Bertz CT molecular complexity index is 1550. The van der Waals surface area contributed by atoms with Crippen LogP contribution in [0.25, 0.3) is 0 Å². The molecule has 0 N–H and O–H groups in total. The number of hydrogen-bond donors (Lipinski definition) is 0. The maximum atomic E-state index is 14.2. The number of ether oxygens (including phenoxy) is 6. The van der Waals surface area contributed by atoms with Gasteiger partial charge in [-0.3, -0.25) is 4.79 Å². The fraction of sp³-hybridized carbons (Fsp3) is 0.263. The first-order chi connectivity index (χ1) is 23.4. The van der Waals surface area contributed by atoms with Crippen molar-refractivity contribution < 1.29 is 40.8 Å². The van der Waals surface area contributed by atoms with Gasteiger partial charge in [-0.05, 0) is 22.3 Å². The van der Waals surface area contributed by atoms with E-state index in [1.165, 1.54) is 13.0 Å². The molecule has 0 aromatic heterocycles. The molecule has 238 valence electrons. The normalized spacial score (nSPS) is 23.0. The monoisotopic (exact) mass is 624 g/mol.